The Morgan fingerprint density at radius 1 is 1.05 bits per heavy atom. The molecule has 1 N–H and O–H groups in total. The van der Waals surface area contributed by atoms with Crippen LogP contribution in [-0.2, 0) is 11.8 Å². The highest BCUT2D eigenvalue weighted by Gasteiger charge is 2.16. The molecule has 3 aromatic rings. The predicted octanol–water partition coefficient (Wildman–Crippen LogP) is 4.40. The first-order valence-corrected chi connectivity index (χ1v) is 7.56. The molecule has 0 saturated heterocycles. The Balaban J connectivity index is 1.77. The molecule has 0 fully saturated rings. The molecule has 3 rings (SSSR count). The second-order valence-corrected chi connectivity index (χ2v) is 6.67. The molecule has 3 nitrogen and oxygen atoms in total. The Kier molecular flexibility index (Phi) is 3.75. The Labute approximate surface area is 130 Å². The number of para-hydroxylation sites is 2. The SMILES string of the molecule is CC(C)(C)c1ccc([C@H](O)Cc2nc3ccccc3o2)cc1. The number of nitrogens with zero attached hydrogens (tertiary/aromatic N) is 1. The summed E-state index contributed by atoms with van der Waals surface area (Å²) in [5.41, 5.74) is 3.84. The van der Waals surface area contributed by atoms with Gasteiger partial charge in [-0.15, -0.1) is 0 Å². The van der Waals surface area contributed by atoms with Gasteiger partial charge in [0.25, 0.3) is 0 Å². The first kappa shape index (κ1) is 14.8. The lowest BCUT2D eigenvalue weighted by Gasteiger charge is -2.19. The Bertz CT molecular complexity index is 733. The average Bonchev–Trinajstić information content (AvgIpc) is 2.88. The van der Waals surface area contributed by atoms with Crippen molar-refractivity contribution in [2.45, 2.75) is 38.7 Å². The second kappa shape index (κ2) is 5.58. The summed E-state index contributed by atoms with van der Waals surface area (Å²) in [7, 11) is 0. The number of rotatable bonds is 3. The van der Waals surface area contributed by atoms with Crippen molar-refractivity contribution in [1.82, 2.24) is 4.98 Å². The maximum absolute atomic E-state index is 10.4. The summed E-state index contributed by atoms with van der Waals surface area (Å²) in [6, 6.07) is 15.7. The maximum Gasteiger partial charge on any atom is 0.198 e. The van der Waals surface area contributed by atoms with E-state index in [1.54, 1.807) is 0 Å². The summed E-state index contributed by atoms with van der Waals surface area (Å²) in [6.45, 7) is 6.53. The lowest BCUT2D eigenvalue weighted by Crippen LogP contribution is -2.11. The van der Waals surface area contributed by atoms with Gasteiger partial charge in [0.2, 0.25) is 0 Å². The molecule has 0 radical (unpaired) electrons. The summed E-state index contributed by atoms with van der Waals surface area (Å²) < 4.78 is 5.67. The topological polar surface area (TPSA) is 46.3 Å². The van der Waals surface area contributed by atoms with Crippen molar-refractivity contribution in [3.63, 3.8) is 0 Å². The van der Waals surface area contributed by atoms with Gasteiger partial charge in [-0.25, -0.2) is 4.98 Å². The number of hydrogen-bond acceptors (Lipinski definition) is 3. The molecular weight excluding hydrogens is 274 g/mol. The molecule has 0 spiro atoms. The summed E-state index contributed by atoms with van der Waals surface area (Å²) in [6.07, 6.45) is -0.231. The van der Waals surface area contributed by atoms with Crippen molar-refractivity contribution in [1.29, 1.82) is 0 Å². The molecule has 2 aromatic carbocycles. The van der Waals surface area contributed by atoms with Crippen molar-refractivity contribution in [2.24, 2.45) is 0 Å². The Hall–Kier alpha value is -2.13. The number of aliphatic hydroxyl groups excluding tert-OH is 1. The number of hydrogen-bond donors (Lipinski definition) is 1. The molecule has 3 heteroatoms. The van der Waals surface area contributed by atoms with Crippen LogP contribution < -0.4 is 0 Å². The van der Waals surface area contributed by atoms with E-state index in [0.717, 1.165) is 16.7 Å². The van der Waals surface area contributed by atoms with E-state index in [1.807, 2.05) is 36.4 Å². The van der Waals surface area contributed by atoms with E-state index in [1.165, 1.54) is 5.56 Å². The van der Waals surface area contributed by atoms with Crippen LogP contribution in [-0.4, -0.2) is 10.1 Å². The first-order valence-electron chi connectivity index (χ1n) is 7.56. The molecule has 0 aliphatic heterocycles. The summed E-state index contributed by atoms with van der Waals surface area (Å²) in [5.74, 6) is 0.564. The van der Waals surface area contributed by atoms with E-state index in [-0.39, 0.29) is 5.41 Å². The van der Waals surface area contributed by atoms with Crippen LogP contribution in [0.2, 0.25) is 0 Å². The number of fused-ring (bicyclic) bond motifs is 1. The lowest BCUT2D eigenvalue weighted by molar-refractivity contribution is 0.169. The van der Waals surface area contributed by atoms with Gasteiger partial charge in [-0.1, -0.05) is 57.2 Å². The number of benzene rings is 2. The molecule has 22 heavy (non-hydrogen) atoms. The first-order chi connectivity index (χ1) is 10.4. The van der Waals surface area contributed by atoms with Gasteiger partial charge in [0, 0.05) is 0 Å². The van der Waals surface area contributed by atoms with E-state index in [0.29, 0.717) is 12.3 Å². The third kappa shape index (κ3) is 3.04. The van der Waals surface area contributed by atoms with Crippen molar-refractivity contribution < 1.29 is 9.52 Å². The molecule has 114 valence electrons. The molecule has 1 aromatic heterocycles. The molecule has 0 saturated carbocycles. The zero-order valence-electron chi connectivity index (χ0n) is 13.2. The van der Waals surface area contributed by atoms with Crippen molar-refractivity contribution in [3.05, 3.63) is 65.5 Å². The second-order valence-electron chi connectivity index (χ2n) is 6.67. The molecule has 0 unspecified atom stereocenters. The fourth-order valence-electron chi connectivity index (χ4n) is 2.50. The number of aromatic nitrogens is 1. The molecule has 0 aliphatic carbocycles. The van der Waals surface area contributed by atoms with Gasteiger partial charge < -0.3 is 9.52 Å². The minimum Gasteiger partial charge on any atom is -0.441 e. The highest BCUT2D eigenvalue weighted by Crippen LogP contribution is 2.26. The van der Waals surface area contributed by atoms with Gasteiger partial charge >= 0.3 is 0 Å². The van der Waals surface area contributed by atoms with E-state index in [2.05, 4.69) is 37.9 Å². The predicted molar refractivity (Wildman–Crippen MR) is 87.8 cm³/mol. The molecule has 1 heterocycles. The molecule has 1 atom stereocenters. The Morgan fingerprint density at radius 3 is 2.36 bits per heavy atom. The third-order valence-electron chi connectivity index (χ3n) is 3.87. The molecule has 0 bridgehead atoms. The summed E-state index contributed by atoms with van der Waals surface area (Å²) in [5, 5.41) is 10.4. The van der Waals surface area contributed by atoms with Gasteiger partial charge in [-0.3, -0.25) is 0 Å². The standard InChI is InChI=1S/C19H21NO2/c1-19(2,3)14-10-8-13(9-11-14)16(21)12-18-20-15-6-4-5-7-17(15)22-18/h4-11,16,21H,12H2,1-3H3/t16-/m1/s1. The third-order valence-corrected chi connectivity index (χ3v) is 3.87. The van der Waals surface area contributed by atoms with Gasteiger partial charge in [0.05, 0.1) is 12.5 Å². The van der Waals surface area contributed by atoms with Gasteiger partial charge in [-0.05, 0) is 28.7 Å². The number of oxazole rings is 1. The van der Waals surface area contributed by atoms with Crippen LogP contribution in [0.15, 0.2) is 52.9 Å². The largest absolute Gasteiger partial charge is 0.441 e. The van der Waals surface area contributed by atoms with E-state index in [4.69, 9.17) is 4.42 Å². The van der Waals surface area contributed by atoms with Crippen molar-refractivity contribution >= 4 is 11.1 Å². The highest BCUT2D eigenvalue weighted by molar-refractivity contribution is 5.72. The van der Waals surface area contributed by atoms with Gasteiger partial charge in [0.1, 0.15) is 5.52 Å². The summed E-state index contributed by atoms with van der Waals surface area (Å²) in [4.78, 5) is 4.41. The zero-order valence-corrected chi connectivity index (χ0v) is 13.2. The monoisotopic (exact) mass is 295 g/mol. The van der Waals surface area contributed by atoms with Gasteiger partial charge in [-0.2, -0.15) is 0 Å². The van der Waals surface area contributed by atoms with E-state index >= 15 is 0 Å². The molecular formula is C19H21NO2. The maximum atomic E-state index is 10.4. The van der Waals surface area contributed by atoms with Crippen molar-refractivity contribution in [3.8, 4) is 0 Å². The minimum absolute atomic E-state index is 0.115. The van der Waals surface area contributed by atoms with E-state index < -0.39 is 6.10 Å². The average molecular weight is 295 g/mol. The van der Waals surface area contributed by atoms with Crippen LogP contribution in [0.25, 0.3) is 11.1 Å². The van der Waals surface area contributed by atoms with Crippen LogP contribution in [0.1, 0.15) is 43.9 Å². The fourth-order valence-corrected chi connectivity index (χ4v) is 2.50. The van der Waals surface area contributed by atoms with Crippen LogP contribution in [0.4, 0.5) is 0 Å². The van der Waals surface area contributed by atoms with Crippen molar-refractivity contribution in [2.75, 3.05) is 0 Å². The van der Waals surface area contributed by atoms with Crippen LogP contribution >= 0.6 is 0 Å². The van der Waals surface area contributed by atoms with Gasteiger partial charge in [0.15, 0.2) is 11.5 Å². The summed E-state index contributed by atoms with van der Waals surface area (Å²) >= 11 is 0. The van der Waals surface area contributed by atoms with Crippen LogP contribution in [0.3, 0.4) is 0 Å². The molecule has 0 aliphatic rings. The minimum atomic E-state index is -0.609. The fraction of sp³-hybridized carbons (Fsp3) is 0.316. The van der Waals surface area contributed by atoms with E-state index in [9.17, 15) is 5.11 Å². The smallest absolute Gasteiger partial charge is 0.198 e. The number of aliphatic hydroxyl groups is 1. The Morgan fingerprint density at radius 2 is 1.73 bits per heavy atom. The zero-order chi connectivity index (χ0) is 15.7. The van der Waals surface area contributed by atoms with Crippen LogP contribution in [0, 0.1) is 0 Å². The lowest BCUT2D eigenvalue weighted by atomic mass is 9.86. The highest BCUT2D eigenvalue weighted by atomic mass is 16.4. The normalized spacial score (nSPS) is 13.5. The quantitative estimate of drug-likeness (QED) is 0.779. The molecule has 0 amide bonds. The van der Waals surface area contributed by atoms with Crippen LogP contribution in [0.5, 0.6) is 0 Å².